The Balaban J connectivity index is 1.62. The highest BCUT2D eigenvalue weighted by atomic mass is 16.6. The number of hydrogen-bond donors (Lipinski definition) is 2. The van der Waals surface area contributed by atoms with Gasteiger partial charge in [0.2, 0.25) is 5.95 Å². The van der Waals surface area contributed by atoms with Gasteiger partial charge in [-0.2, -0.15) is 4.98 Å². The average molecular weight is 383 g/mol. The molecule has 2 aromatic rings. The van der Waals surface area contributed by atoms with Gasteiger partial charge in [0.1, 0.15) is 5.82 Å². The molecule has 2 N–H and O–H groups in total. The van der Waals surface area contributed by atoms with E-state index in [4.69, 9.17) is 4.74 Å². The van der Waals surface area contributed by atoms with E-state index in [1.807, 2.05) is 19.9 Å². The summed E-state index contributed by atoms with van der Waals surface area (Å²) < 4.78 is 5.07. The lowest BCUT2D eigenvalue weighted by Gasteiger charge is -2.31. The monoisotopic (exact) mass is 383 g/mol. The summed E-state index contributed by atoms with van der Waals surface area (Å²) in [6.45, 7) is 9.74. The second-order valence-corrected chi connectivity index (χ2v) is 7.25. The molecule has 2 heterocycles. The van der Waals surface area contributed by atoms with E-state index in [0.29, 0.717) is 25.6 Å². The van der Waals surface area contributed by atoms with Gasteiger partial charge in [-0.3, -0.25) is 0 Å². The van der Waals surface area contributed by atoms with Crippen molar-refractivity contribution >= 4 is 23.5 Å². The van der Waals surface area contributed by atoms with Crippen LogP contribution in [0.3, 0.4) is 0 Å². The Morgan fingerprint density at radius 2 is 1.89 bits per heavy atom. The molecule has 1 aliphatic rings. The fourth-order valence-corrected chi connectivity index (χ4v) is 3.27. The number of amides is 1. The maximum absolute atomic E-state index is 11.8. The van der Waals surface area contributed by atoms with Crippen LogP contribution in [-0.4, -0.2) is 46.7 Å². The zero-order valence-electron chi connectivity index (χ0n) is 17.1. The minimum Gasteiger partial charge on any atom is -0.450 e. The van der Waals surface area contributed by atoms with E-state index in [0.717, 1.165) is 30.0 Å². The number of aryl methyl sites for hydroxylation is 3. The van der Waals surface area contributed by atoms with E-state index in [1.165, 1.54) is 11.1 Å². The third-order valence-corrected chi connectivity index (χ3v) is 4.99. The van der Waals surface area contributed by atoms with E-state index in [-0.39, 0.29) is 12.1 Å². The van der Waals surface area contributed by atoms with Gasteiger partial charge in [0.05, 0.1) is 6.61 Å². The molecule has 0 atom stereocenters. The Kier molecular flexibility index (Phi) is 6.34. The van der Waals surface area contributed by atoms with Crippen LogP contribution < -0.4 is 10.6 Å². The van der Waals surface area contributed by atoms with Gasteiger partial charge >= 0.3 is 6.09 Å². The number of carbonyl (C=O) groups excluding carboxylic acids is 1. The molecule has 7 heteroatoms. The van der Waals surface area contributed by atoms with Crippen LogP contribution in [-0.2, 0) is 4.74 Å². The summed E-state index contributed by atoms with van der Waals surface area (Å²) in [5.41, 5.74) is 4.41. The van der Waals surface area contributed by atoms with Crippen molar-refractivity contribution in [3.63, 3.8) is 0 Å². The van der Waals surface area contributed by atoms with Gasteiger partial charge in [0, 0.05) is 36.6 Å². The van der Waals surface area contributed by atoms with Gasteiger partial charge < -0.3 is 20.3 Å². The molecule has 0 radical (unpaired) electrons. The van der Waals surface area contributed by atoms with E-state index in [9.17, 15) is 4.79 Å². The molecule has 1 aromatic heterocycles. The third kappa shape index (κ3) is 5.12. The summed E-state index contributed by atoms with van der Waals surface area (Å²) in [6.07, 6.45) is 1.46. The lowest BCUT2D eigenvalue weighted by molar-refractivity contribution is 0.0983. The zero-order chi connectivity index (χ0) is 20.1. The van der Waals surface area contributed by atoms with E-state index < -0.39 is 0 Å². The summed E-state index contributed by atoms with van der Waals surface area (Å²) in [5.74, 6) is 1.38. The molecule has 0 saturated carbocycles. The zero-order valence-corrected chi connectivity index (χ0v) is 17.1. The summed E-state index contributed by atoms with van der Waals surface area (Å²) in [6, 6.07) is 8.44. The number of benzene rings is 1. The van der Waals surface area contributed by atoms with Crippen molar-refractivity contribution in [1.29, 1.82) is 0 Å². The lowest BCUT2D eigenvalue weighted by Crippen LogP contribution is -2.42. The first-order valence-corrected chi connectivity index (χ1v) is 9.83. The van der Waals surface area contributed by atoms with Crippen LogP contribution in [0.25, 0.3) is 0 Å². The van der Waals surface area contributed by atoms with Crippen molar-refractivity contribution in [1.82, 2.24) is 14.9 Å². The summed E-state index contributed by atoms with van der Waals surface area (Å²) >= 11 is 0. The van der Waals surface area contributed by atoms with Gasteiger partial charge in [0.15, 0.2) is 0 Å². The number of nitrogens with one attached hydrogen (secondary N) is 2. The SMILES string of the molecule is CCOC(=O)N1CCC(Nc2nc(C)cc(Nc3ccc(C)c(C)c3)n2)CC1. The van der Waals surface area contributed by atoms with Crippen LogP contribution in [0.4, 0.5) is 22.2 Å². The molecule has 0 bridgehead atoms. The molecule has 3 rings (SSSR count). The van der Waals surface area contributed by atoms with Crippen molar-refractivity contribution in [3.05, 3.63) is 41.1 Å². The largest absolute Gasteiger partial charge is 0.450 e. The number of aromatic nitrogens is 2. The number of nitrogens with zero attached hydrogens (tertiary/aromatic N) is 3. The molecule has 0 unspecified atom stereocenters. The van der Waals surface area contributed by atoms with Crippen molar-refractivity contribution in [2.24, 2.45) is 0 Å². The first-order chi connectivity index (χ1) is 13.4. The quantitative estimate of drug-likeness (QED) is 0.806. The van der Waals surface area contributed by atoms with Crippen LogP contribution >= 0.6 is 0 Å². The number of carbonyl (C=O) groups is 1. The normalized spacial score (nSPS) is 14.6. The van der Waals surface area contributed by atoms with Crippen LogP contribution in [0, 0.1) is 20.8 Å². The van der Waals surface area contributed by atoms with Crippen molar-refractivity contribution in [2.75, 3.05) is 30.3 Å². The summed E-state index contributed by atoms with van der Waals surface area (Å²) in [4.78, 5) is 22.7. The molecule has 1 saturated heterocycles. The molecule has 150 valence electrons. The Morgan fingerprint density at radius 3 is 2.57 bits per heavy atom. The Bertz CT molecular complexity index is 832. The molecular formula is C21H29N5O2. The highest BCUT2D eigenvalue weighted by molar-refractivity contribution is 5.67. The van der Waals surface area contributed by atoms with Crippen LogP contribution in [0.5, 0.6) is 0 Å². The van der Waals surface area contributed by atoms with E-state index in [1.54, 1.807) is 4.90 Å². The smallest absolute Gasteiger partial charge is 0.409 e. The average Bonchev–Trinajstić information content (AvgIpc) is 2.65. The molecule has 28 heavy (non-hydrogen) atoms. The van der Waals surface area contributed by atoms with Gasteiger partial charge in [-0.1, -0.05) is 6.07 Å². The second-order valence-electron chi connectivity index (χ2n) is 7.25. The highest BCUT2D eigenvalue weighted by Crippen LogP contribution is 2.21. The van der Waals surface area contributed by atoms with Crippen molar-refractivity contribution in [3.8, 4) is 0 Å². The van der Waals surface area contributed by atoms with Gasteiger partial charge in [0.25, 0.3) is 0 Å². The molecule has 7 nitrogen and oxygen atoms in total. The Hall–Kier alpha value is -2.83. The molecule has 0 aliphatic carbocycles. The number of likely N-dealkylation sites (tertiary alicyclic amines) is 1. The molecule has 1 fully saturated rings. The summed E-state index contributed by atoms with van der Waals surface area (Å²) in [7, 11) is 0. The molecule has 1 amide bonds. The van der Waals surface area contributed by atoms with Gasteiger partial charge in [-0.25, -0.2) is 9.78 Å². The minimum absolute atomic E-state index is 0.229. The van der Waals surface area contributed by atoms with E-state index >= 15 is 0 Å². The maximum Gasteiger partial charge on any atom is 0.409 e. The molecular weight excluding hydrogens is 354 g/mol. The first kappa shape index (κ1) is 19.9. The fourth-order valence-electron chi connectivity index (χ4n) is 3.27. The van der Waals surface area contributed by atoms with E-state index in [2.05, 4.69) is 52.6 Å². The number of hydrogen-bond acceptors (Lipinski definition) is 6. The third-order valence-electron chi connectivity index (χ3n) is 4.99. The Labute approximate surface area is 166 Å². The number of piperidine rings is 1. The van der Waals surface area contributed by atoms with Gasteiger partial charge in [-0.05, 0) is 63.8 Å². The summed E-state index contributed by atoms with van der Waals surface area (Å²) in [5, 5.41) is 6.78. The van der Waals surface area contributed by atoms with Gasteiger partial charge in [-0.15, -0.1) is 0 Å². The number of ether oxygens (including phenoxy) is 1. The second kappa shape index (κ2) is 8.91. The topological polar surface area (TPSA) is 79.4 Å². The van der Waals surface area contributed by atoms with Crippen molar-refractivity contribution < 1.29 is 9.53 Å². The fraction of sp³-hybridized carbons (Fsp3) is 0.476. The predicted octanol–water partition coefficient (Wildman–Crippen LogP) is 4.18. The predicted molar refractivity (Wildman–Crippen MR) is 111 cm³/mol. The van der Waals surface area contributed by atoms with Crippen LogP contribution in [0.1, 0.15) is 36.6 Å². The Morgan fingerprint density at radius 1 is 1.14 bits per heavy atom. The molecule has 1 aromatic carbocycles. The van der Waals surface area contributed by atoms with Crippen LogP contribution in [0.2, 0.25) is 0 Å². The minimum atomic E-state index is -0.229. The first-order valence-electron chi connectivity index (χ1n) is 9.83. The highest BCUT2D eigenvalue weighted by Gasteiger charge is 2.24. The molecule has 1 aliphatic heterocycles. The number of rotatable bonds is 5. The maximum atomic E-state index is 11.8. The number of anilines is 3. The lowest BCUT2D eigenvalue weighted by atomic mass is 10.1. The van der Waals surface area contributed by atoms with Crippen LogP contribution in [0.15, 0.2) is 24.3 Å². The standard InChI is InChI=1S/C21H29N5O2/c1-5-28-21(27)26-10-8-17(9-11-26)24-20-22-16(4)13-19(25-20)23-18-7-6-14(2)15(3)12-18/h6-7,12-13,17H,5,8-11H2,1-4H3,(H2,22,23,24,25). The van der Waals surface area contributed by atoms with Crippen molar-refractivity contribution in [2.45, 2.75) is 46.6 Å². The molecule has 0 spiro atoms.